The number of anilines is 2. The number of nitrogens with one attached hydrogen (secondary N) is 1. The van der Waals surface area contributed by atoms with E-state index in [9.17, 15) is 0 Å². The van der Waals surface area contributed by atoms with E-state index in [1.807, 2.05) is 42.5 Å². The summed E-state index contributed by atoms with van der Waals surface area (Å²) in [5, 5.41) is 0.973. The fourth-order valence-corrected chi connectivity index (χ4v) is 2.57. The van der Waals surface area contributed by atoms with Gasteiger partial charge in [-0.15, -0.1) is 0 Å². The minimum atomic E-state index is 0.748. The number of hydrogen-bond acceptors (Lipinski definition) is 4. The molecule has 0 saturated heterocycles. The Morgan fingerprint density at radius 2 is 1.79 bits per heavy atom. The molecule has 19 heavy (non-hydrogen) atoms. The second-order valence-electron chi connectivity index (χ2n) is 4.12. The largest absolute Gasteiger partial charge is 0.398 e. The van der Waals surface area contributed by atoms with Crippen molar-refractivity contribution in [1.82, 2.24) is 4.98 Å². The number of aromatic nitrogens is 1. The van der Waals surface area contributed by atoms with Crippen LogP contribution in [0, 0.1) is 0 Å². The molecule has 1 aromatic heterocycles. The monoisotopic (exact) mass is 267 g/mol. The zero-order chi connectivity index (χ0) is 13.1. The smallest absolute Gasteiger partial charge is 0.0962 e. The lowest BCUT2D eigenvalue weighted by Gasteiger charge is -2.09. The van der Waals surface area contributed by atoms with E-state index in [2.05, 4.69) is 21.8 Å². The lowest BCUT2D eigenvalue weighted by Crippen LogP contribution is -1.93. The Balaban J connectivity index is 1.91. The van der Waals surface area contributed by atoms with Crippen LogP contribution in [0.4, 0.5) is 11.4 Å². The van der Waals surface area contributed by atoms with Gasteiger partial charge in [0.25, 0.3) is 0 Å². The van der Waals surface area contributed by atoms with E-state index < -0.39 is 0 Å². The summed E-state index contributed by atoms with van der Waals surface area (Å²) in [6.07, 6.45) is 1.73. The first-order valence-electron chi connectivity index (χ1n) is 5.96. The molecular weight excluding hydrogens is 254 g/mol. The minimum Gasteiger partial charge on any atom is -0.398 e. The average molecular weight is 267 g/mol. The van der Waals surface area contributed by atoms with Gasteiger partial charge in [0.05, 0.1) is 11.2 Å². The molecule has 0 aliphatic rings. The van der Waals surface area contributed by atoms with Gasteiger partial charge in [0.15, 0.2) is 0 Å². The number of nitrogens with zero attached hydrogens (tertiary/aromatic N) is 1. The van der Waals surface area contributed by atoms with Crippen molar-refractivity contribution in [3.8, 4) is 0 Å². The van der Waals surface area contributed by atoms with Crippen LogP contribution in [-0.4, -0.2) is 4.98 Å². The standard InChI is InChI=1S/C15H13N3S/c16-13-9-10-17-15-12(13)7-4-8-14(15)18-19-11-5-2-1-3-6-11/h1-10,18H,(H2,16,17). The molecule has 1 heterocycles. The van der Waals surface area contributed by atoms with Crippen LogP contribution < -0.4 is 10.5 Å². The quantitative estimate of drug-likeness (QED) is 0.706. The topological polar surface area (TPSA) is 50.9 Å². The molecule has 0 unspecified atom stereocenters. The molecule has 0 bridgehead atoms. The highest BCUT2D eigenvalue weighted by Crippen LogP contribution is 2.28. The number of nitrogen functional groups attached to an aromatic ring is 1. The number of pyridine rings is 1. The van der Waals surface area contributed by atoms with Gasteiger partial charge < -0.3 is 10.5 Å². The van der Waals surface area contributed by atoms with E-state index in [4.69, 9.17) is 5.73 Å². The molecule has 0 spiro atoms. The first kappa shape index (κ1) is 11.9. The van der Waals surface area contributed by atoms with Crippen LogP contribution in [0.5, 0.6) is 0 Å². The van der Waals surface area contributed by atoms with Gasteiger partial charge in [-0.1, -0.05) is 30.3 Å². The summed E-state index contributed by atoms with van der Waals surface area (Å²) in [7, 11) is 0. The Morgan fingerprint density at radius 3 is 2.63 bits per heavy atom. The lowest BCUT2D eigenvalue weighted by atomic mass is 10.1. The zero-order valence-electron chi connectivity index (χ0n) is 10.2. The number of fused-ring (bicyclic) bond motifs is 1. The van der Waals surface area contributed by atoms with Crippen molar-refractivity contribution >= 4 is 34.2 Å². The van der Waals surface area contributed by atoms with Crippen molar-refractivity contribution in [1.29, 1.82) is 0 Å². The molecule has 0 saturated carbocycles. The molecule has 0 radical (unpaired) electrons. The van der Waals surface area contributed by atoms with Gasteiger partial charge in [-0.3, -0.25) is 4.98 Å². The highest BCUT2D eigenvalue weighted by atomic mass is 32.2. The molecule has 3 nitrogen and oxygen atoms in total. The van der Waals surface area contributed by atoms with E-state index >= 15 is 0 Å². The third kappa shape index (κ3) is 2.48. The molecule has 0 fully saturated rings. The molecule has 0 amide bonds. The Hall–Kier alpha value is -2.20. The van der Waals surface area contributed by atoms with Gasteiger partial charge in [0.1, 0.15) is 0 Å². The normalized spacial score (nSPS) is 10.5. The SMILES string of the molecule is Nc1ccnc2c(NSc3ccccc3)cccc12. The van der Waals surface area contributed by atoms with Gasteiger partial charge in [-0.25, -0.2) is 0 Å². The van der Waals surface area contributed by atoms with Crippen molar-refractivity contribution in [2.45, 2.75) is 4.90 Å². The average Bonchev–Trinajstić information content (AvgIpc) is 2.47. The minimum absolute atomic E-state index is 0.748. The summed E-state index contributed by atoms with van der Waals surface area (Å²) >= 11 is 1.56. The van der Waals surface area contributed by atoms with Gasteiger partial charge in [0, 0.05) is 22.2 Å². The van der Waals surface area contributed by atoms with Crippen LogP contribution in [-0.2, 0) is 0 Å². The number of benzene rings is 2. The summed E-state index contributed by atoms with van der Waals surface area (Å²) in [4.78, 5) is 5.55. The molecule has 4 heteroatoms. The van der Waals surface area contributed by atoms with Crippen LogP contribution in [0.2, 0.25) is 0 Å². The van der Waals surface area contributed by atoms with Gasteiger partial charge in [-0.05, 0) is 36.2 Å². The summed E-state index contributed by atoms with van der Waals surface area (Å²) in [6, 6.07) is 17.9. The van der Waals surface area contributed by atoms with Gasteiger partial charge >= 0.3 is 0 Å². The number of rotatable bonds is 3. The van der Waals surface area contributed by atoms with Crippen LogP contribution in [0.3, 0.4) is 0 Å². The zero-order valence-corrected chi connectivity index (χ0v) is 11.0. The van der Waals surface area contributed by atoms with Crippen molar-refractivity contribution in [2.24, 2.45) is 0 Å². The fourth-order valence-electron chi connectivity index (χ4n) is 1.88. The molecule has 0 aliphatic heterocycles. The van der Waals surface area contributed by atoms with Crippen LogP contribution >= 0.6 is 11.9 Å². The molecule has 2 aromatic carbocycles. The first-order valence-corrected chi connectivity index (χ1v) is 6.77. The molecule has 3 rings (SSSR count). The third-order valence-corrected chi connectivity index (χ3v) is 3.66. The highest BCUT2D eigenvalue weighted by molar-refractivity contribution is 8.00. The van der Waals surface area contributed by atoms with E-state index in [1.54, 1.807) is 18.1 Å². The fraction of sp³-hybridized carbons (Fsp3) is 0. The van der Waals surface area contributed by atoms with Gasteiger partial charge in [0.2, 0.25) is 0 Å². The molecule has 0 atom stereocenters. The molecular formula is C15H13N3S. The molecule has 94 valence electrons. The predicted octanol–water partition coefficient (Wildman–Crippen LogP) is 3.94. The van der Waals surface area contributed by atoms with E-state index in [0.29, 0.717) is 0 Å². The predicted molar refractivity (Wildman–Crippen MR) is 82.1 cm³/mol. The summed E-state index contributed by atoms with van der Waals surface area (Å²) in [5.74, 6) is 0. The lowest BCUT2D eigenvalue weighted by molar-refractivity contribution is 1.41. The number of nitrogens with two attached hydrogens (primary N) is 1. The molecule has 3 N–H and O–H groups in total. The maximum absolute atomic E-state index is 5.96. The van der Waals surface area contributed by atoms with Crippen LogP contribution in [0.1, 0.15) is 0 Å². The maximum Gasteiger partial charge on any atom is 0.0962 e. The van der Waals surface area contributed by atoms with Crippen LogP contribution in [0.25, 0.3) is 10.9 Å². The maximum atomic E-state index is 5.96. The Morgan fingerprint density at radius 1 is 0.947 bits per heavy atom. The van der Waals surface area contributed by atoms with E-state index in [0.717, 1.165) is 27.2 Å². The first-order chi connectivity index (χ1) is 9.34. The molecule has 0 aliphatic carbocycles. The van der Waals surface area contributed by atoms with Crippen molar-refractivity contribution < 1.29 is 0 Å². The van der Waals surface area contributed by atoms with Crippen LogP contribution in [0.15, 0.2) is 65.7 Å². The van der Waals surface area contributed by atoms with E-state index in [1.165, 1.54) is 0 Å². The van der Waals surface area contributed by atoms with Crippen molar-refractivity contribution in [3.63, 3.8) is 0 Å². The summed E-state index contributed by atoms with van der Waals surface area (Å²) in [6.45, 7) is 0. The third-order valence-electron chi connectivity index (χ3n) is 2.83. The van der Waals surface area contributed by atoms with Crippen molar-refractivity contribution in [2.75, 3.05) is 10.5 Å². The summed E-state index contributed by atoms with van der Waals surface area (Å²) in [5.41, 5.74) is 8.57. The second-order valence-corrected chi connectivity index (χ2v) is 5.00. The Kier molecular flexibility index (Phi) is 3.25. The highest BCUT2D eigenvalue weighted by Gasteiger charge is 2.04. The second kappa shape index (κ2) is 5.20. The van der Waals surface area contributed by atoms with Gasteiger partial charge in [-0.2, -0.15) is 0 Å². The summed E-state index contributed by atoms with van der Waals surface area (Å²) < 4.78 is 3.33. The Labute approximate surface area is 116 Å². The van der Waals surface area contributed by atoms with Crippen molar-refractivity contribution in [3.05, 3.63) is 60.8 Å². The Bertz CT molecular complexity index is 698. The molecule has 3 aromatic rings. The number of para-hydroxylation sites is 1. The number of hydrogen-bond donors (Lipinski definition) is 2. The van der Waals surface area contributed by atoms with E-state index in [-0.39, 0.29) is 0 Å².